The highest BCUT2D eigenvalue weighted by molar-refractivity contribution is 4.84. The monoisotopic (exact) mass is 160 g/mol. The lowest BCUT2D eigenvalue weighted by Gasteiger charge is -2.34. The van der Waals surface area contributed by atoms with Gasteiger partial charge in [-0.05, 0) is 20.3 Å². The molecule has 0 heterocycles. The largest absolute Gasteiger partial charge is 0.378 e. The second-order valence-electron chi connectivity index (χ2n) is 4.60. The van der Waals surface area contributed by atoms with E-state index >= 15 is 0 Å². The Morgan fingerprint density at radius 1 is 1.27 bits per heavy atom. The van der Waals surface area contributed by atoms with Gasteiger partial charge in [0, 0.05) is 11.0 Å². The van der Waals surface area contributed by atoms with E-state index in [1.165, 1.54) is 0 Å². The Kier molecular flexibility index (Phi) is 3.06. The van der Waals surface area contributed by atoms with Gasteiger partial charge in [0.15, 0.2) is 0 Å². The van der Waals surface area contributed by atoms with Crippen molar-refractivity contribution in [2.24, 2.45) is 16.9 Å². The molecule has 5 N–H and O–H groups in total. The van der Waals surface area contributed by atoms with Crippen molar-refractivity contribution < 1.29 is 5.11 Å². The second-order valence-corrected chi connectivity index (χ2v) is 4.60. The summed E-state index contributed by atoms with van der Waals surface area (Å²) < 4.78 is 0. The molecule has 0 amide bonds. The average molecular weight is 160 g/mol. The van der Waals surface area contributed by atoms with Gasteiger partial charge in [-0.15, -0.1) is 0 Å². The lowest BCUT2D eigenvalue weighted by Crippen LogP contribution is -2.45. The molecular weight excluding hydrogens is 140 g/mol. The Morgan fingerprint density at radius 3 is 1.73 bits per heavy atom. The van der Waals surface area contributed by atoms with Gasteiger partial charge in [0.1, 0.15) is 6.23 Å². The van der Waals surface area contributed by atoms with E-state index < -0.39 is 6.23 Å². The molecule has 0 radical (unpaired) electrons. The van der Waals surface area contributed by atoms with Crippen LogP contribution in [0.15, 0.2) is 0 Å². The topological polar surface area (TPSA) is 72.3 Å². The summed E-state index contributed by atoms with van der Waals surface area (Å²) in [4.78, 5) is 0. The maximum Gasteiger partial charge on any atom is 0.107 e. The number of aliphatic hydroxyl groups is 1. The van der Waals surface area contributed by atoms with Crippen molar-refractivity contribution in [3.8, 4) is 0 Å². The molecule has 0 aromatic rings. The van der Waals surface area contributed by atoms with E-state index in [0.717, 1.165) is 0 Å². The van der Waals surface area contributed by atoms with E-state index in [1.807, 2.05) is 27.7 Å². The molecule has 0 saturated carbocycles. The van der Waals surface area contributed by atoms with Crippen LogP contribution in [0.4, 0.5) is 0 Å². The van der Waals surface area contributed by atoms with Crippen molar-refractivity contribution in [1.29, 1.82) is 0 Å². The van der Waals surface area contributed by atoms with Crippen LogP contribution in [-0.4, -0.2) is 16.9 Å². The molecule has 0 rings (SSSR count). The Morgan fingerprint density at radius 2 is 1.64 bits per heavy atom. The second kappa shape index (κ2) is 3.09. The number of hydrogen-bond acceptors (Lipinski definition) is 3. The standard InChI is InChI=1S/C8H20N2O/c1-7(2,6(9)11)5-8(3,4)10/h6,11H,5,9-10H2,1-4H3. The first-order chi connectivity index (χ1) is 4.65. The highest BCUT2D eigenvalue weighted by Crippen LogP contribution is 2.27. The summed E-state index contributed by atoms with van der Waals surface area (Å²) >= 11 is 0. The van der Waals surface area contributed by atoms with E-state index in [2.05, 4.69) is 0 Å². The zero-order valence-corrected chi connectivity index (χ0v) is 7.89. The summed E-state index contributed by atoms with van der Waals surface area (Å²) in [5, 5.41) is 9.17. The average Bonchev–Trinajstić information content (AvgIpc) is 1.56. The van der Waals surface area contributed by atoms with Crippen LogP contribution in [0.1, 0.15) is 34.1 Å². The van der Waals surface area contributed by atoms with Gasteiger partial charge >= 0.3 is 0 Å². The lowest BCUT2D eigenvalue weighted by atomic mass is 9.79. The number of rotatable bonds is 3. The molecule has 1 unspecified atom stereocenters. The van der Waals surface area contributed by atoms with E-state index in [9.17, 15) is 0 Å². The first kappa shape index (κ1) is 10.9. The van der Waals surface area contributed by atoms with Crippen molar-refractivity contribution in [1.82, 2.24) is 0 Å². The zero-order chi connectivity index (χ0) is 9.28. The van der Waals surface area contributed by atoms with Crippen molar-refractivity contribution >= 4 is 0 Å². The molecule has 0 aliphatic heterocycles. The summed E-state index contributed by atoms with van der Waals surface area (Å²) in [7, 11) is 0. The fourth-order valence-corrected chi connectivity index (χ4v) is 1.28. The fourth-order valence-electron chi connectivity index (χ4n) is 1.28. The maximum atomic E-state index is 9.17. The van der Waals surface area contributed by atoms with E-state index in [1.54, 1.807) is 0 Å². The molecule has 3 nitrogen and oxygen atoms in total. The summed E-state index contributed by atoms with van der Waals surface area (Å²) in [6, 6.07) is 0. The quantitative estimate of drug-likeness (QED) is 0.524. The number of hydrogen-bond donors (Lipinski definition) is 3. The minimum absolute atomic E-state index is 0.274. The van der Waals surface area contributed by atoms with Crippen LogP contribution < -0.4 is 11.5 Å². The fraction of sp³-hybridized carbons (Fsp3) is 1.00. The molecule has 0 aromatic heterocycles. The maximum absolute atomic E-state index is 9.17. The minimum Gasteiger partial charge on any atom is -0.378 e. The van der Waals surface area contributed by atoms with Crippen LogP contribution >= 0.6 is 0 Å². The van der Waals surface area contributed by atoms with Gasteiger partial charge in [-0.2, -0.15) is 0 Å². The van der Waals surface area contributed by atoms with Gasteiger partial charge in [0.25, 0.3) is 0 Å². The summed E-state index contributed by atoms with van der Waals surface area (Å²) in [5.74, 6) is 0. The van der Waals surface area contributed by atoms with Gasteiger partial charge < -0.3 is 16.6 Å². The van der Waals surface area contributed by atoms with E-state index in [-0.39, 0.29) is 11.0 Å². The number of aliphatic hydroxyl groups excluding tert-OH is 1. The molecule has 1 atom stereocenters. The van der Waals surface area contributed by atoms with E-state index in [0.29, 0.717) is 6.42 Å². The highest BCUT2D eigenvalue weighted by atomic mass is 16.3. The van der Waals surface area contributed by atoms with Crippen LogP contribution in [0.2, 0.25) is 0 Å². The highest BCUT2D eigenvalue weighted by Gasteiger charge is 2.30. The van der Waals surface area contributed by atoms with Gasteiger partial charge in [-0.1, -0.05) is 13.8 Å². The molecule has 0 bridgehead atoms. The molecule has 11 heavy (non-hydrogen) atoms. The van der Waals surface area contributed by atoms with Crippen molar-refractivity contribution in [2.45, 2.75) is 45.9 Å². The smallest absolute Gasteiger partial charge is 0.107 e. The van der Waals surface area contributed by atoms with Gasteiger partial charge in [0.05, 0.1) is 0 Å². The van der Waals surface area contributed by atoms with Gasteiger partial charge in [-0.25, -0.2) is 0 Å². The Bertz CT molecular complexity index is 125. The normalized spacial score (nSPS) is 16.6. The Hall–Kier alpha value is -0.120. The first-order valence-corrected chi connectivity index (χ1v) is 3.88. The van der Waals surface area contributed by atoms with E-state index in [4.69, 9.17) is 16.6 Å². The molecule has 0 aliphatic carbocycles. The SMILES string of the molecule is CC(C)(N)CC(C)(C)C(N)O. The molecule has 0 spiro atoms. The molecule has 0 aromatic carbocycles. The third-order valence-electron chi connectivity index (χ3n) is 1.71. The molecule has 0 aliphatic rings. The first-order valence-electron chi connectivity index (χ1n) is 3.88. The van der Waals surface area contributed by atoms with Crippen LogP contribution in [-0.2, 0) is 0 Å². The van der Waals surface area contributed by atoms with Crippen LogP contribution in [0.25, 0.3) is 0 Å². The summed E-state index contributed by atoms with van der Waals surface area (Å²) in [6.07, 6.45) is -0.0946. The predicted octanol–water partition coefficient (Wildman–Crippen LogP) is 0.417. The molecule has 68 valence electrons. The number of nitrogens with two attached hydrogens (primary N) is 2. The van der Waals surface area contributed by atoms with Crippen LogP contribution in [0.5, 0.6) is 0 Å². The molecule has 0 saturated heterocycles. The third-order valence-corrected chi connectivity index (χ3v) is 1.71. The van der Waals surface area contributed by atoms with Crippen molar-refractivity contribution in [3.63, 3.8) is 0 Å². The van der Waals surface area contributed by atoms with Crippen molar-refractivity contribution in [2.75, 3.05) is 0 Å². The predicted molar refractivity (Wildman–Crippen MR) is 46.9 cm³/mol. The zero-order valence-electron chi connectivity index (χ0n) is 7.89. The van der Waals surface area contributed by atoms with Gasteiger partial charge in [0.2, 0.25) is 0 Å². The van der Waals surface area contributed by atoms with Crippen LogP contribution in [0, 0.1) is 5.41 Å². The molecule has 0 fully saturated rings. The summed E-state index contributed by atoms with van der Waals surface area (Å²) in [6.45, 7) is 7.67. The van der Waals surface area contributed by atoms with Crippen LogP contribution in [0.3, 0.4) is 0 Å². The van der Waals surface area contributed by atoms with Gasteiger partial charge in [-0.3, -0.25) is 0 Å². The Balaban J connectivity index is 4.13. The minimum atomic E-state index is -0.801. The van der Waals surface area contributed by atoms with Crippen molar-refractivity contribution in [3.05, 3.63) is 0 Å². The third kappa shape index (κ3) is 4.35. The molecule has 3 heteroatoms. The lowest BCUT2D eigenvalue weighted by molar-refractivity contribution is 0.0363. The summed E-state index contributed by atoms with van der Waals surface area (Å²) in [5.41, 5.74) is 10.6. The Labute approximate surface area is 68.8 Å². The molecular formula is C8H20N2O.